The predicted octanol–water partition coefficient (Wildman–Crippen LogP) is 2.06. The lowest BCUT2D eigenvalue weighted by molar-refractivity contribution is 0.568. The van der Waals surface area contributed by atoms with Crippen LogP contribution in [0.5, 0.6) is 0 Å². The Bertz CT molecular complexity index is 441. The van der Waals surface area contributed by atoms with E-state index in [0.29, 0.717) is 6.01 Å². The molecular formula is C10H9N3OS. The van der Waals surface area contributed by atoms with E-state index < -0.39 is 0 Å². The summed E-state index contributed by atoms with van der Waals surface area (Å²) in [5.41, 5.74) is 6.44. The van der Waals surface area contributed by atoms with Gasteiger partial charge in [0.05, 0.1) is 11.9 Å². The molecule has 0 saturated carbocycles. The van der Waals surface area contributed by atoms with Gasteiger partial charge in [-0.15, -0.1) is 0 Å². The average molecular weight is 219 g/mol. The number of oxazole rings is 1. The lowest BCUT2D eigenvalue weighted by Crippen LogP contribution is -2.31. The van der Waals surface area contributed by atoms with Crippen LogP contribution in [0.25, 0.3) is 0 Å². The quantitative estimate of drug-likeness (QED) is 0.783. The molecule has 5 heteroatoms. The molecule has 0 bridgehead atoms. The molecule has 2 rings (SSSR count). The van der Waals surface area contributed by atoms with Crippen molar-refractivity contribution in [2.75, 3.05) is 4.90 Å². The zero-order valence-corrected chi connectivity index (χ0v) is 8.65. The minimum absolute atomic E-state index is 0.198. The van der Waals surface area contributed by atoms with Crippen LogP contribution in [-0.4, -0.2) is 10.1 Å². The van der Waals surface area contributed by atoms with Gasteiger partial charge in [0.25, 0.3) is 0 Å². The number of nitrogens with two attached hydrogens (primary N) is 1. The minimum Gasteiger partial charge on any atom is -0.432 e. The Balaban J connectivity index is 2.42. The summed E-state index contributed by atoms with van der Waals surface area (Å²) in [6.45, 7) is 0. The van der Waals surface area contributed by atoms with Crippen LogP contribution in [0.2, 0.25) is 0 Å². The molecule has 0 aliphatic carbocycles. The van der Waals surface area contributed by atoms with E-state index in [2.05, 4.69) is 4.98 Å². The minimum atomic E-state index is 0.198. The van der Waals surface area contributed by atoms with Gasteiger partial charge in [-0.3, -0.25) is 0 Å². The second-order valence-corrected chi connectivity index (χ2v) is 3.24. The number of hydrogen-bond acceptors (Lipinski definition) is 3. The summed E-state index contributed by atoms with van der Waals surface area (Å²) in [5, 5.41) is 0.198. The smallest absolute Gasteiger partial charge is 0.308 e. The third-order valence-electron chi connectivity index (χ3n) is 1.85. The Morgan fingerprint density at radius 2 is 2.07 bits per heavy atom. The van der Waals surface area contributed by atoms with E-state index in [0.717, 1.165) is 5.69 Å². The number of para-hydroxylation sites is 1. The topological polar surface area (TPSA) is 55.3 Å². The van der Waals surface area contributed by atoms with Crippen LogP contribution in [-0.2, 0) is 0 Å². The highest BCUT2D eigenvalue weighted by atomic mass is 32.1. The molecule has 0 amide bonds. The van der Waals surface area contributed by atoms with Crippen molar-refractivity contribution in [1.82, 2.24) is 4.98 Å². The van der Waals surface area contributed by atoms with Crippen LogP contribution in [0.15, 0.2) is 47.2 Å². The second-order valence-electron chi connectivity index (χ2n) is 2.82. The predicted molar refractivity (Wildman–Crippen MR) is 61.9 cm³/mol. The van der Waals surface area contributed by atoms with Crippen LogP contribution >= 0.6 is 12.2 Å². The summed E-state index contributed by atoms with van der Waals surface area (Å²) in [4.78, 5) is 5.57. The molecule has 0 unspecified atom stereocenters. The van der Waals surface area contributed by atoms with Gasteiger partial charge in [0.2, 0.25) is 0 Å². The summed E-state index contributed by atoms with van der Waals surface area (Å²) >= 11 is 4.95. The molecule has 2 aromatic rings. The Kier molecular flexibility index (Phi) is 2.64. The van der Waals surface area contributed by atoms with Gasteiger partial charge in [0.15, 0.2) is 5.11 Å². The molecule has 1 aromatic carbocycles. The number of anilines is 2. The fraction of sp³-hybridized carbons (Fsp3) is 0. The van der Waals surface area contributed by atoms with E-state index in [1.807, 2.05) is 30.3 Å². The first kappa shape index (κ1) is 9.67. The molecule has 0 atom stereocenters. The maximum Gasteiger partial charge on any atom is 0.308 e. The highest BCUT2D eigenvalue weighted by Gasteiger charge is 2.15. The maximum atomic E-state index is 5.62. The van der Waals surface area contributed by atoms with Crippen molar-refractivity contribution in [3.05, 3.63) is 42.8 Å². The first-order chi connectivity index (χ1) is 7.29. The van der Waals surface area contributed by atoms with Crippen molar-refractivity contribution in [3.63, 3.8) is 0 Å². The molecule has 0 radical (unpaired) electrons. The molecule has 0 saturated heterocycles. The standard InChI is InChI=1S/C10H9N3OS/c11-9(15)13(10-12-6-7-14-10)8-4-2-1-3-5-8/h1-7H,(H2,11,15). The van der Waals surface area contributed by atoms with Gasteiger partial charge >= 0.3 is 6.01 Å². The van der Waals surface area contributed by atoms with Gasteiger partial charge in [-0.2, -0.15) is 0 Å². The van der Waals surface area contributed by atoms with Crippen molar-refractivity contribution in [3.8, 4) is 0 Å². The molecule has 0 fully saturated rings. The third kappa shape index (κ3) is 1.97. The molecular weight excluding hydrogens is 210 g/mol. The maximum absolute atomic E-state index is 5.62. The van der Waals surface area contributed by atoms with Crippen molar-refractivity contribution in [1.29, 1.82) is 0 Å². The van der Waals surface area contributed by atoms with Gasteiger partial charge < -0.3 is 10.2 Å². The number of hydrogen-bond donors (Lipinski definition) is 1. The molecule has 1 heterocycles. The molecule has 2 N–H and O–H groups in total. The molecule has 0 aliphatic rings. The molecule has 0 spiro atoms. The van der Waals surface area contributed by atoms with Crippen LogP contribution in [0, 0.1) is 0 Å². The zero-order valence-electron chi connectivity index (χ0n) is 7.83. The van der Waals surface area contributed by atoms with E-state index in [-0.39, 0.29) is 5.11 Å². The molecule has 15 heavy (non-hydrogen) atoms. The summed E-state index contributed by atoms with van der Waals surface area (Å²) in [6.07, 6.45) is 3.02. The molecule has 76 valence electrons. The van der Waals surface area contributed by atoms with Crippen molar-refractivity contribution < 1.29 is 4.42 Å². The Hall–Kier alpha value is -1.88. The molecule has 1 aromatic heterocycles. The summed E-state index contributed by atoms with van der Waals surface area (Å²) < 4.78 is 5.16. The van der Waals surface area contributed by atoms with Crippen molar-refractivity contribution in [2.45, 2.75) is 0 Å². The largest absolute Gasteiger partial charge is 0.432 e. The van der Waals surface area contributed by atoms with Crippen LogP contribution in [0.1, 0.15) is 0 Å². The normalized spacial score (nSPS) is 9.87. The zero-order chi connectivity index (χ0) is 10.7. The first-order valence-electron chi connectivity index (χ1n) is 4.33. The van der Waals surface area contributed by atoms with Crippen LogP contribution < -0.4 is 10.6 Å². The van der Waals surface area contributed by atoms with Gasteiger partial charge in [-0.25, -0.2) is 9.88 Å². The van der Waals surface area contributed by atoms with E-state index in [1.54, 1.807) is 11.1 Å². The van der Waals surface area contributed by atoms with E-state index in [1.165, 1.54) is 6.26 Å². The average Bonchev–Trinajstić information content (AvgIpc) is 2.72. The number of thiocarbonyl (C=S) groups is 1. The fourth-order valence-electron chi connectivity index (χ4n) is 1.24. The Morgan fingerprint density at radius 1 is 1.33 bits per heavy atom. The summed E-state index contributed by atoms with van der Waals surface area (Å²) in [5.74, 6) is 0. The Labute approximate surface area is 92.3 Å². The fourth-order valence-corrected chi connectivity index (χ4v) is 1.42. The summed E-state index contributed by atoms with van der Waals surface area (Å²) in [7, 11) is 0. The van der Waals surface area contributed by atoms with Gasteiger partial charge in [0.1, 0.15) is 6.26 Å². The van der Waals surface area contributed by atoms with Crippen LogP contribution in [0.3, 0.4) is 0 Å². The van der Waals surface area contributed by atoms with E-state index >= 15 is 0 Å². The number of benzene rings is 1. The van der Waals surface area contributed by atoms with Gasteiger partial charge in [0, 0.05) is 0 Å². The highest BCUT2D eigenvalue weighted by molar-refractivity contribution is 7.80. The SMILES string of the molecule is NC(=S)N(c1ccccc1)c1ncco1. The van der Waals surface area contributed by atoms with Crippen LogP contribution in [0.4, 0.5) is 11.7 Å². The lowest BCUT2D eigenvalue weighted by Gasteiger charge is -2.17. The number of aromatic nitrogens is 1. The monoisotopic (exact) mass is 219 g/mol. The number of nitrogens with zero attached hydrogens (tertiary/aromatic N) is 2. The third-order valence-corrected chi connectivity index (χ3v) is 2.03. The lowest BCUT2D eigenvalue weighted by atomic mass is 10.3. The van der Waals surface area contributed by atoms with Crippen molar-refractivity contribution >= 4 is 29.0 Å². The number of rotatable bonds is 2. The van der Waals surface area contributed by atoms with Gasteiger partial charge in [-0.05, 0) is 24.4 Å². The van der Waals surface area contributed by atoms with Crippen molar-refractivity contribution in [2.24, 2.45) is 5.73 Å². The molecule has 4 nitrogen and oxygen atoms in total. The molecule has 0 aliphatic heterocycles. The van der Waals surface area contributed by atoms with Gasteiger partial charge in [-0.1, -0.05) is 18.2 Å². The second kappa shape index (κ2) is 4.10. The Morgan fingerprint density at radius 3 is 2.60 bits per heavy atom. The summed E-state index contributed by atoms with van der Waals surface area (Å²) in [6, 6.07) is 9.82. The van der Waals surface area contributed by atoms with E-state index in [9.17, 15) is 0 Å². The van der Waals surface area contributed by atoms with E-state index in [4.69, 9.17) is 22.4 Å². The first-order valence-corrected chi connectivity index (χ1v) is 4.74. The highest BCUT2D eigenvalue weighted by Crippen LogP contribution is 2.22.